The Bertz CT molecular complexity index is 1260. The second-order valence-corrected chi connectivity index (χ2v) is 14.9. The Morgan fingerprint density at radius 2 is 0.487 bits per heavy atom. The zero-order chi connectivity index (χ0) is 61.0. The summed E-state index contributed by atoms with van der Waals surface area (Å²) < 4.78 is 55.1. The summed E-state index contributed by atoms with van der Waals surface area (Å²) in [6.07, 6.45) is -1.56. The molecule has 28 nitrogen and oxygen atoms in total. The van der Waals surface area contributed by atoms with Crippen molar-refractivity contribution < 1.29 is 136 Å². The third-order valence-corrected chi connectivity index (χ3v) is 7.34. The van der Waals surface area contributed by atoms with E-state index in [4.69, 9.17) is 40.9 Å². The van der Waals surface area contributed by atoms with Gasteiger partial charge in [-0.3, -0.25) is 38.4 Å². The Hall–Kier alpha value is -4.72. The molecule has 0 heterocycles. The Morgan fingerprint density at radius 3 is 0.618 bits per heavy atom. The maximum atomic E-state index is 10.3. The predicted molar refractivity (Wildman–Crippen MR) is 270 cm³/mol. The molecular formula is C48H96O28. The van der Waals surface area contributed by atoms with Gasteiger partial charge in [0.25, 0.3) is 0 Å². The molecule has 0 aliphatic heterocycles. The van der Waals surface area contributed by atoms with Gasteiger partial charge < -0.3 is 97.7 Å². The van der Waals surface area contributed by atoms with Crippen molar-refractivity contribution in [3.63, 3.8) is 0 Å². The van der Waals surface area contributed by atoms with Crippen molar-refractivity contribution in [2.24, 2.45) is 0 Å². The molecule has 0 fully saturated rings. The van der Waals surface area contributed by atoms with Crippen LogP contribution in [0.25, 0.3) is 0 Å². The first kappa shape index (κ1) is 87.9. The maximum absolute atomic E-state index is 10.3. The fourth-order valence-corrected chi connectivity index (χ4v) is 3.63. The summed E-state index contributed by atoms with van der Waals surface area (Å²) in [7, 11) is 5.90. The van der Waals surface area contributed by atoms with Crippen molar-refractivity contribution in [3.8, 4) is 0 Å². The molecule has 8 atom stereocenters. The first-order chi connectivity index (χ1) is 35.5. The molecule has 0 aliphatic rings. The van der Waals surface area contributed by atoms with Gasteiger partial charge in [0.2, 0.25) is 0 Å². The third-order valence-electron chi connectivity index (χ3n) is 7.34. The van der Waals surface area contributed by atoms with Crippen LogP contribution in [0, 0.1) is 0 Å². The smallest absolute Gasteiger partial charge is 0.303 e. The number of carbonyl (C=O) groups excluding carboxylic acids is 8. The van der Waals surface area contributed by atoms with E-state index in [1.807, 2.05) is 27.7 Å². The SMILES string of the molecule is CCC(CO)OC(C)=O.CCC(CO)OC(C)=O.CCC(O)COC(C)=O.CCC(O)COC(C)=O.COCC(CO)OC(C)=O.COCC(CO)OC(C)=O.COCC(O)COC(C)=O.COCC(O)COC(C)=O. The van der Waals surface area contributed by atoms with Crippen LogP contribution >= 0.6 is 0 Å². The van der Waals surface area contributed by atoms with Crippen LogP contribution in [0.1, 0.15) is 109 Å². The molecular weight excluding hydrogens is 1020 g/mol. The minimum absolute atomic E-state index is 0.00315. The summed E-state index contributed by atoms with van der Waals surface area (Å²) in [4.78, 5) is 81.7. The summed E-state index contributed by atoms with van der Waals surface area (Å²) in [5.74, 6) is -2.96. The largest absolute Gasteiger partial charge is 0.463 e. The zero-order valence-corrected chi connectivity index (χ0v) is 47.7. The van der Waals surface area contributed by atoms with E-state index in [2.05, 4.69) is 56.8 Å². The van der Waals surface area contributed by atoms with Gasteiger partial charge in [-0.2, -0.15) is 0 Å². The van der Waals surface area contributed by atoms with E-state index in [-0.39, 0.29) is 115 Å². The highest BCUT2D eigenvalue weighted by molar-refractivity contribution is 5.68. The summed E-state index contributed by atoms with van der Waals surface area (Å²) in [6.45, 7) is 18.3. The molecule has 8 N–H and O–H groups in total. The summed E-state index contributed by atoms with van der Waals surface area (Å²) in [5, 5.41) is 69.5. The van der Waals surface area contributed by atoms with E-state index in [1.165, 1.54) is 83.8 Å². The molecule has 0 rings (SSSR count). The van der Waals surface area contributed by atoms with Gasteiger partial charge in [0.1, 0.15) is 63.1 Å². The van der Waals surface area contributed by atoms with Gasteiger partial charge in [-0.1, -0.05) is 27.7 Å². The monoisotopic (exact) mass is 1120 g/mol. The average molecular weight is 1120 g/mol. The predicted octanol–water partition coefficient (Wildman–Crippen LogP) is -0.491. The Balaban J connectivity index is -0.000000116. The van der Waals surface area contributed by atoms with Crippen LogP contribution in [0.2, 0.25) is 0 Å². The van der Waals surface area contributed by atoms with E-state index in [1.54, 1.807) is 0 Å². The van der Waals surface area contributed by atoms with Crippen LogP contribution in [-0.2, 0) is 95.2 Å². The van der Waals surface area contributed by atoms with Crippen LogP contribution < -0.4 is 0 Å². The van der Waals surface area contributed by atoms with E-state index in [0.717, 1.165) is 0 Å². The molecule has 0 radical (unpaired) electrons. The second-order valence-electron chi connectivity index (χ2n) is 14.9. The number of rotatable bonds is 28. The fourth-order valence-electron chi connectivity index (χ4n) is 3.63. The number of aliphatic hydroxyl groups is 8. The van der Waals surface area contributed by atoms with Crippen molar-refractivity contribution in [2.45, 2.75) is 158 Å². The van der Waals surface area contributed by atoms with Gasteiger partial charge in [-0.25, -0.2) is 0 Å². The van der Waals surface area contributed by atoms with Crippen LogP contribution in [0.5, 0.6) is 0 Å². The van der Waals surface area contributed by atoms with Crippen molar-refractivity contribution in [1.29, 1.82) is 0 Å². The fraction of sp³-hybridized carbons (Fsp3) is 0.833. The lowest BCUT2D eigenvalue weighted by molar-refractivity contribution is -0.152. The van der Waals surface area contributed by atoms with E-state index >= 15 is 0 Å². The van der Waals surface area contributed by atoms with Gasteiger partial charge in [0.05, 0.1) is 65.1 Å². The molecule has 0 spiro atoms. The highest BCUT2D eigenvalue weighted by atomic mass is 16.6. The van der Waals surface area contributed by atoms with Crippen molar-refractivity contribution in [3.05, 3.63) is 0 Å². The van der Waals surface area contributed by atoms with Crippen molar-refractivity contribution >= 4 is 47.8 Å². The number of carbonyl (C=O) groups is 8. The van der Waals surface area contributed by atoms with Gasteiger partial charge in [0, 0.05) is 83.8 Å². The zero-order valence-electron chi connectivity index (χ0n) is 47.7. The first-order valence-electron chi connectivity index (χ1n) is 23.8. The topological polar surface area (TPSA) is 409 Å². The van der Waals surface area contributed by atoms with E-state index in [0.29, 0.717) is 25.7 Å². The van der Waals surface area contributed by atoms with Gasteiger partial charge >= 0.3 is 47.8 Å². The lowest BCUT2D eigenvalue weighted by Gasteiger charge is -2.11. The summed E-state index contributed by atoms with van der Waals surface area (Å²) in [5.41, 5.74) is 0. The van der Waals surface area contributed by atoms with Gasteiger partial charge in [-0.05, 0) is 25.7 Å². The molecule has 0 bridgehead atoms. The normalized spacial score (nSPS) is 12.7. The second kappa shape index (κ2) is 66.4. The number of esters is 8. The highest BCUT2D eigenvalue weighted by Crippen LogP contribution is 1.97. The number of methoxy groups -OCH3 is 4. The molecule has 0 saturated heterocycles. The molecule has 28 heteroatoms. The molecule has 0 aromatic heterocycles. The third kappa shape index (κ3) is 91.9. The molecule has 0 aromatic rings. The molecule has 0 aromatic carbocycles. The van der Waals surface area contributed by atoms with Crippen LogP contribution in [0.15, 0.2) is 0 Å². The number of hydrogen-bond acceptors (Lipinski definition) is 28. The van der Waals surface area contributed by atoms with Crippen LogP contribution in [0.4, 0.5) is 0 Å². The van der Waals surface area contributed by atoms with Gasteiger partial charge in [0.15, 0.2) is 0 Å². The van der Waals surface area contributed by atoms with Crippen LogP contribution in [-0.4, -0.2) is 245 Å². The number of hydrogen-bond donors (Lipinski definition) is 8. The van der Waals surface area contributed by atoms with E-state index < -0.39 is 60.5 Å². The van der Waals surface area contributed by atoms with Crippen molar-refractivity contribution in [2.75, 3.05) is 108 Å². The number of ether oxygens (including phenoxy) is 12. The van der Waals surface area contributed by atoms with Gasteiger partial charge in [-0.15, -0.1) is 0 Å². The molecule has 0 aliphatic carbocycles. The Labute approximate surface area is 448 Å². The van der Waals surface area contributed by atoms with E-state index in [9.17, 15) is 38.4 Å². The van der Waals surface area contributed by atoms with Crippen molar-refractivity contribution in [1.82, 2.24) is 0 Å². The standard InChI is InChI=1S/4C6H12O4.4C6H12O3/c2*1-5(7)10-4-6(8)3-9-2;2*1-5(8)10-6(3-7)4-9-2;2*1-3-6(8)4-9-5(2)7;2*1-3-6(4-7)9-5(2)8/h2*6,8H,3-4H2,1-2H3;2*6-7H,3-4H2,1-2H3;2*6,8H,3-4H2,1-2H3;2*6-7H,3-4H2,1-2H3. The average Bonchev–Trinajstić information content (AvgIpc) is 3.35. The molecule has 0 amide bonds. The minimum Gasteiger partial charge on any atom is -0.463 e. The van der Waals surface area contributed by atoms with Crippen LogP contribution in [0.3, 0.4) is 0 Å². The molecule has 8 unspecified atom stereocenters. The maximum Gasteiger partial charge on any atom is 0.303 e. The lowest BCUT2D eigenvalue weighted by Crippen LogP contribution is -2.25. The molecule has 0 saturated carbocycles. The summed E-state index contributed by atoms with van der Waals surface area (Å²) in [6, 6.07) is 0. The quantitative estimate of drug-likeness (QED) is 0.0362. The lowest BCUT2D eigenvalue weighted by atomic mass is 10.3. The minimum atomic E-state index is -0.714. The number of aliphatic hydroxyl groups excluding tert-OH is 8. The molecule has 76 heavy (non-hydrogen) atoms. The molecule has 456 valence electrons. The highest BCUT2D eigenvalue weighted by Gasteiger charge is 2.11. The Morgan fingerprint density at radius 1 is 0.289 bits per heavy atom. The summed E-state index contributed by atoms with van der Waals surface area (Å²) >= 11 is 0. The Kier molecular flexibility index (Phi) is 76.8. The first-order valence-corrected chi connectivity index (χ1v) is 23.8.